The predicted molar refractivity (Wildman–Crippen MR) is 85.6 cm³/mol. The van der Waals surface area contributed by atoms with Gasteiger partial charge in [0.15, 0.2) is 0 Å². The molecule has 0 saturated carbocycles. The topological polar surface area (TPSA) is 52.6 Å². The van der Waals surface area contributed by atoms with Gasteiger partial charge in [0.25, 0.3) is 5.91 Å². The number of nitrogens with zero attached hydrogens (tertiary/aromatic N) is 1. The Morgan fingerprint density at radius 2 is 2.05 bits per heavy atom. The molecule has 1 aliphatic heterocycles. The minimum absolute atomic E-state index is 0.0101. The molecule has 0 unspecified atom stereocenters. The number of carbonyl (C=O) groups excluding carboxylic acids is 1. The fourth-order valence-corrected chi connectivity index (χ4v) is 2.85. The number of halogens is 1. The number of anilines is 1. The molecule has 21 heavy (non-hydrogen) atoms. The van der Waals surface area contributed by atoms with Gasteiger partial charge >= 0.3 is 0 Å². The summed E-state index contributed by atoms with van der Waals surface area (Å²) in [5.41, 5.74) is 2.30. The minimum Gasteiger partial charge on any atom is -0.507 e. The molecule has 1 amide bonds. The molecule has 0 spiro atoms. The Balaban J connectivity index is 2.01. The maximum Gasteiger partial charge on any atom is 0.262 e. The molecule has 1 heterocycles. The van der Waals surface area contributed by atoms with Gasteiger partial charge in [0, 0.05) is 29.8 Å². The van der Waals surface area contributed by atoms with E-state index in [0.29, 0.717) is 12.1 Å². The molecule has 5 heteroatoms. The lowest BCUT2D eigenvalue weighted by molar-refractivity contribution is 0.0985. The monoisotopic (exact) mass is 346 g/mol. The zero-order valence-corrected chi connectivity index (χ0v) is 12.9. The van der Waals surface area contributed by atoms with Crippen LogP contribution in [0.15, 0.2) is 46.9 Å². The van der Waals surface area contributed by atoms with E-state index in [4.69, 9.17) is 0 Å². The highest BCUT2D eigenvalue weighted by Crippen LogP contribution is 2.28. The van der Waals surface area contributed by atoms with Gasteiger partial charge in [0.2, 0.25) is 0 Å². The zero-order valence-electron chi connectivity index (χ0n) is 11.3. The van der Waals surface area contributed by atoms with Gasteiger partial charge in [-0.1, -0.05) is 34.1 Å². The number of phenols is 1. The average molecular weight is 347 g/mol. The SMILES string of the molecule is O=C(c1ccc(Br)cc1O)N1CCNCc2ccccc21. The van der Waals surface area contributed by atoms with Crippen molar-refractivity contribution in [3.8, 4) is 5.75 Å². The van der Waals surface area contributed by atoms with Gasteiger partial charge in [-0.2, -0.15) is 0 Å². The number of carbonyl (C=O) groups is 1. The molecule has 2 aromatic carbocycles. The third kappa shape index (κ3) is 2.80. The summed E-state index contributed by atoms with van der Waals surface area (Å²) in [6.07, 6.45) is 0. The number of para-hydroxylation sites is 1. The van der Waals surface area contributed by atoms with Crippen LogP contribution in [0.25, 0.3) is 0 Å². The molecule has 0 aromatic heterocycles. The molecule has 108 valence electrons. The quantitative estimate of drug-likeness (QED) is 0.834. The van der Waals surface area contributed by atoms with Crippen LogP contribution in [0.3, 0.4) is 0 Å². The standard InChI is InChI=1S/C16H15BrN2O2/c17-12-5-6-13(15(20)9-12)16(21)19-8-7-18-10-11-3-1-2-4-14(11)19/h1-6,9,18,20H,7-8,10H2. The summed E-state index contributed by atoms with van der Waals surface area (Å²) in [6, 6.07) is 12.8. The summed E-state index contributed by atoms with van der Waals surface area (Å²) in [4.78, 5) is 14.5. The van der Waals surface area contributed by atoms with Crippen molar-refractivity contribution >= 4 is 27.5 Å². The molecule has 0 atom stereocenters. The molecule has 0 fully saturated rings. The van der Waals surface area contributed by atoms with Crippen molar-refractivity contribution in [3.63, 3.8) is 0 Å². The Bertz CT molecular complexity index is 688. The van der Waals surface area contributed by atoms with Gasteiger partial charge < -0.3 is 15.3 Å². The molecular weight excluding hydrogens is 332 g/mol. The Hall–Kier alpha value is -1.85. The summed E-state index contributed by atoms with van der Waals surface area (Å²) in [6.45, 7) is 2.04. The van der Waals surface area contributed by atoms with Crippen LogP contribution in [-0.2, 0) is 6.54 Å². The fraction of sp³-hybridized carbons (Fsp3) is 0.188. The van der Waals surface area contributed by atoms with Crippen molar-refractivity contribution in [2.45, 2.75) is 6.54 Å². The fourth-order valence-electron chi connectivity index (χ4n) is 2.50. The summed E-state index contributed by atoms with van der Waals surface area (Å²) >= 11 is 3.28. The highest BCUT2D eigenvalue weighted by Gasteiger charge is 2.23. The van der Waals surface area contributed by atoms with Crippen LogP contribution in [-0.4, -0.2) is 24.1 Å². The molecular formula is C16H15BrN2O2. The van der Waals surface area contributed by atoms with Crippen LogP contribution in [0, 0.1) is 0 Å². The smallest absolute Gasteiger partial charge is 0.262 e. The number of phenolic OH excluding ortho intramolecular Hbond substituents is 1. The van der Waals surface area contributed by atoms with Crippen molar-refractivity contribution in [2.24, 2.45) is 0 Å². The third-order valence-electron chi connectivity index (χ3n) is 3.55. The molecule has 0 saturated heterocycles. The number of fused-ring (bicyclic) bond motifs is 1. The van der Waals surface area contributed by atoms with E-state index in [9.17, 15) is 9.90 Å². The summed E-state index contributed by atoms with van der Waals surface area (Å²) < 4.78 is 0.745. The molecule has 1 aliphatic rings. The minimum atomic E-state index is -0.184. The van der Waals surface area contributed by atoms with Gasteiger partial charge in [-0.15, -0.1) is 0 Å². The van der Waals surface area contributed by atoms with E-state index >= 15 is 0 Å². The molecule has 3 rings (SSSR count). The van der Waals surface area contributed by atoms with Crippen LogP contribution in [0.4, 0.5) is 5.69 Å². The lowest BCUT2D eigenvalue weighted by Gasteiger charge is -2.23. The second-order valence-corrected chi connectivity index (χ2v) is 5.84. The van der Waals surface area contributed by atoms with Crippen LogP contribution in [0.1, 0.15) is 15.9 Å². The Morgan fingerprint density at radius 1 is 1.24 bits per heavy atom. The van der Waals surface area contributed by atoms with Gasteiger partial charge in [0.05, 0.1) is 5.56 Å². The van der Waals surface area contributed by atoms with E-state index in [2.05, 4.69) is 21.2 Å². The Kier molecular flexibility index (Phi) is 3.94. The van der Waals surface area contributed by atoms with Gasteiger partial charge in [0.1, 0.15) is 5.75 Å². The first kappa shape index (κ1) is 14.1. The van der Waals surface area contributed by atoms with Crippen molar-refractivity contribution < 1.29 is 9.90 Å². The molecule has 2 aromatic rings. The molecule has 0 aliphatic carbocycles. The number of rotatable bonds is 1. The van der Waals surface area contributed by atoms with E-state index in [-0.39, 0.29) is 11.7 Å². The normalized spacial score (nSPS) is 14.4. The van der Waals surface area contributed by atoms with E-state index in [0.717, 1.165) is 28.8 Å². The lowest BCUT2D eigenvalue weighted by atomic mass is 10.1. The summed E-state index contributed by atoms with van der Waals surface area (Å²) in [5.74, 6) is -0.194. The first-order chi connectivity index (χ1) is 10.2. The lowest BCUT2D eigenvalue weighted by Crippen LogP contribution is -2.34. The molecule has 2 N–H and O–H groups in total. The van der Waals surface area contributed by atoms with Gasteiger partial charge in [-0.25, -0.2) is 0 Å². The van der Waals surface area contributed by atoms with E-state index in [1.807, 2.05) is 24.3 Å². The number of aromatic hydroxyl groups is 1. The van der Waals surface area contributed by atoms with Crippen molar-refractivity contribution in [2.75, 3.05) is 18.0 Å². The number of benzene rings is 2. The van der Waals surface area contributed by atoms with Crippen LogP contribution >= 0.6 is 15.9 Å². The first-order valence-electron chi connectivity index (χ1n) is 6.76. The largest absolute Gasteiger partial charge is 0.507 e. The van der Waals surface area contributed by atoms with Crippen LogP contribution < -0.4 is 10.2 Å². The number of amides is 1. The number of hydrogen-bond donors (Lipinski definition) is 2. The van der Waals surface area contributed by atoms with Crippen LogP contribution in [0.5, 0.6) is 5.75 Å². The molecule has 4 nitrogen and oxygen atoms in total. The molecule has 0 bridgehead atoms. The summed E-state index contributed by atoms with van der Waals surface area (Å²) in [7, 11) is 0. The maximum atomic E-state index is 12.8. The predicted octanol–water partition coefficient (Wildman–Crippen LogP) is 2.90. The first-order valence-corrected chi connectivity index (χ1v) is 7.55. The Labute approximate surface area is 131 Å². The number of hydrogen-bond acceptors (Lipinski definition) is 3. The average Bonchev–Trinajstić information content (AvgIpc) is 2.69. The highest BCUT2D eigenvalue weighted by molar-refractivity contribution is 9.10. The number of nitrogens with one attached hydrogen (secondary N) is 1. The van der Waals surface area contributed by atoms with Crippen LogP contribution in [0.2, 0.25) is 0 Å². The van der Waals surface area contributed by atoms with E-state index in [1.165, 1.54) is 6.07 Å². The summed E-state index contributed by atoms with van der Waals surface area (Å²) in [5, 5.41) is 13.3. The van der Waals surface area contributed by atoms with E-state index < -0.39 is 0 Å². The molecule has 0 radical (unpaired) electrons. The van der Waals surface area contributed by atoms with Crippen molar-refractivity contribution in [1.82, 2.24) is 5.32 Å². The second kappa shape index (κ2) is 5.87. The van der Waals surface area contributed by atoms with Crippen molar-refractivity contribution in [1.29, 1.82) is 0 Å². The Morgan fingerprint density at radius 3 is 2.86 bits per heavy atom. The second-order valence-electron chi connectivity index (χ2n) is 4.92. The maximum absolute atomic E-state index is 12.8. The van der Waals surface area contributed by atoms with Gasteiger partial charge in [-0.05, 0) is 29.8 Å². The highest BCUT2D eigenvalue weighted by atomic mass is 79.9. The van der Waals surface area contributed by atoms with Gasteiger partial charge in [-0.3, -0.25) is 4.79 Å². The zero-order chi connectivity index (χ0) is 14.8. The van der Waals surface area contributed by atoms with Crippen molar-refractivity contribution in [3.05, 3.63) is 58.1 Å². The van der Waals surface area contributed by atoms with E-state index in [1.54, 1.807) is 17.0 Å². The third-order valence-corrected chi connectivity index (χ3v) is 4.04.